The summed E-state index contributed by atoms with van der Waals surface area (Å²) in [5.74, 6) is -0.256. The zero-order valence-electron chi connectivity index (χ0n) is 13.2. The smallest absolute Gasteiger partial charge is 0.355 e. The van der Waals surface area contributed by atoms with Gasteiger partial charge in [0.15, 0.2) is 0 Å². The van der Waals surface area contributed by atoms with Crippen LogP contribution in [0.5, 0.6) is 0 Å². The molecule has 0 aromatic heterocycles. The van der Waals surface area contributed by atoms with E-state index >= 15 is 0 Å². The van der Waals surface area contributed by atoms with Crippen LogP contribution in [-0.2, 0) is 21.0 Å². The third kappa shape index (κ3) is 5.08. The number of hydrogen-bond acceptors (Lipinski definition) is 3. The van der Waals surface area contributed by atoms with Crippen molar-refractivity contribution in [2.45, 2.75) is 23.9 Å². The van der Waals surface area contributed by atoms with Gasteiger partial charge in [-0.05, 0) is 43.0 Å². The molecule has 2 rings (SSSR count). The molecule has 1 aliphatic rings. The maximum atomic E-state index is 12.6. The second-order valence-corrected chi connectivity index (χ2v) is 8.01. The molecule has 1 aliphatic heterocycles. The van der Waals surface area contributed by atoms with Gasteiger partial charge >= 0.3 is 6.18 Å². The van der Waals surface area contributed by atoms with Gasteiger partial charge in [0.25, 0.3) is 0 Å². The molecule has 10 heteroatoms. The third-order valence-corrected chi connectivity index (χ3v) is 6.26. The Balaban J connectivity index is 1.98. The molecule has 0 bridgehead atoms. The van der Waals surface area contributed by atoms with Crippen LogP contribution in [-0.4, -0.2) is 44.1 Å². The Kier molecular flexibility index (Phi) is 6.34. The van der Waals surface area contributed by atoms with Gasteiger partial charge in [0.2, 0.25) is 15.9 Å². The van der Waals surface area contributed by atoms with Crippen molar-refractivity contribution < 1.29 is 26.4 Å². The van der Waals surface area contributed by atoms with E-state index in [0.717, 1.165) is 24.3 Å². The predicted octanol–water partition coefficient (Wildman–Crippen LogP) is 2.46. The van der Waals surface area contributed by atoms with E-state index in [2.05, 4.69) is 5.32 Å². The fourth-order valence-electron chi connectivity index (χ4n) is 2.62. The van der Waals surface area contributed by atoms with Crippen LogP contribution < -0.4 is 5.32 Å². The largest absolute Gasteiger partial charge is 0.416 e. The molecule has 1 heterocycles. The lowest BCUT2D eigenvalue weighted by Gasteiger charge is -2.31. The molecule has 0 atom stereocenters. The van der Waals surface area contributed by atoms with Gasteiger partial charge in [-0.25, -0.2) is 8.42 Å². The van der Waals surface area contributed by atoms with Gasteiger partial charge in [-0.3, -0.25) is 4.79 Å². The quantitative estimate of drug-likeness (QED) is 0.775. The number of amides is 1. The predicted molar refractivity (Wildman–Crippen MR) is 86.7 cm³/mol. The molecule has 0 spiro atoms. The van der Waals surface area contributed by atoms with Crippen LogP contribution in [0, 0.1) is 5.92 Å². The average Bonchev–Trinajstić information content (AvgIpc) is 2.59. The Morgan fingerprint density at radius 3 is 2.24 bits per heavy atom. The first-order valence-electron chi connectivity index (χ1n) is 7.64. The van der Waals surface area contributed by atoms with Crippen molar-refractivity contribution in [2.24, 2.45) is 5.92 Å². The third-order valence-electron chi connectivity index (χ3n) is 4.10. The van der Waals surface area contributed by atoms with Crippen molar-refractivity contribution >= 4 is 27.5 Å². The number of carbonyl (C=O) groups excluding carboxylic acids is 1. The molecule has 1 aromatic rings. The second-order valence-electron chi connectivity index (χ2n) is 5.81. The summed E-state index contributed by atoms with van der Waals surface area (Å²) < 4.78 is 64.0. The highest BCUT2D eigenvalue weighted by atomic mass is 35.5. The molecule has 140 valence electrons. The highest BCUT2D eigenvalue weighted by Gasteiger charge is 2.32. The molecular weight excluding hydrogens is 381 g/mol. The summed E-state index contributed by atoms with van der Waals surface area (Å²) in [7, 11) is -3.83. The first-order valence-corrected chi connectivity index (χ1v) is 9.62. The minimum Gasteiger partial charge on any atom is -0.355 e. The normalized spacial score (nSPS) is 17.4. The molecule has 0 saturated carbocycles. The lowest BCUT2D eigenvalue weighted by atomic mass is 9.98. The minimum atomic E-state index is -4.51. The van der Waals surface area contributed by atoms with Gasteiger partial charge in [-0.1, -0.05) is 0 Å². The standard InChI is InChI=1S/C15H18ClF3N2O3S/c16-9-14(22)20-10-11-5-7-21(8-6-11)25(23,24)13-3-1-12(2-4-13)15(17,18)19/h1-4,11H,5-10H2,(H,20,22). The van der Waals surface area contributed by atoms with E-state index in [9.17, 15) is 26.4 Å². The van der Waals surface area contributed by atoms with Crippen LogP contribution in [0.3, 0.4) is 0 Å². The number of halogens is 4. The molecule has 0 unspecified atom stereocenters. The molecule has 0 radical (unpaired) electrons. The molecular formula is C15H18ClF3N2O3S. The summed E-state index contributed by atoms with van der Waals surface area (Å²) in [5.41, 5.74) is -0.889. The van der Waals surface area contributed by atoms with Crippen molar-refractivity contribution in [2.75, 3.05) is 25.5 Å². The van der Waals surface area contributed by atoms with Crippen LogP contribution >= 0.6 is 11.6 Å². The Morgan fingerprint density at radius 2 is 1.76 bits per heavy atom. The SMILES string of the molecule is O=C(CCl)NCC1CCN(S(=O)(=O)c2ccc(C(F)(F)F)cc2)CC1. The second kappa shape index (κ2) is 7.92. The number of carbonyl (C=O) groups is 1. The van der Waals surface area contributed by atoms with Crippen LogP contribution in [0.1, 0.15) is 18.4 Å². The lowest BCUT2D eigenvalue weighted by Crippen LogP contribution is -2.41. The lowest BCUT2D eigenvalue weighted by molar-refractivity contribution is -0.137. The van der Waals surface area contributed by atoms with E-state index in [1.54, 1.807) is 0 Å². The number of alkyl halides is 4. The first-order chi connectivity index (χ1) is 11.6. The zero-order valence-corrected chi connectivity index (χ0v) is 14.8. The molecule has 1 amide bonds. The van der Waals surface area contributed by atoms with E-state index in [4.69, 9.17) is 11.6 Å². The van der Waals surface area contributed by atoms with E-state index < -0.39 is 21.8 Å². The molecule has 0 aliphatic carbocycles. The van der Waals surface area contributed by atoms with E-state index in [0.29, 0.717) is 19.4 Å². The van der Waals surface area contributed by atoms with Crippen molar-refractivity contribution in [3.05, 3.63) is 29.8 Å². The Morgan fingerprint density at radius 1 is 1.20 bits per heavy atom. The number of piperidine rings is 1. The number of sulfonamides is 1. The highest BCUT2D eigenvalue weighted by Crippen LogP contribution is 2.30. The maximum Gasteiger partial charge on any atom is 0.416 e. The van der Waals surface area contributed by atoms with Gasteiger partial charge in [-0.15, -0.1) is 11.6 Å². The van der Waals surface area contributed by atoms with E-state index in [-0.39, 0.29) is 35.7 Å². The summed E-state index contributed by atoms with van der Waals surface area (Å²) in [4.78, 5) is 11.0. The summed E-state index contributed by atoms with van der Waals surface area (Å²) in [6.45, 7) is 0.940. The van der Waals surface area contributed by atoms with Crippen LogP contribution in [0.15, 0.2) is 29.2 Å². The summed E-state index contributed by atoms with van der Waals surface area (Å²) in [6.07, 6.45) is -3.39. The number of benzene rings is 1. The number of rotatable bonds is 5. The Bertz CT molecular complexity index is 700. The van der Waals surface area contributed by atoms with Crippen LogP contribution in [0.25, 0.3) is 0 Å². The molecule has 25 heavy (non-hydrogen) atoms. The fourth-order valence-corrected chi connectivity index (χ4v) is 4.19. The van der Waals surface area contributed by atoms with Crippen LogP contribution in [0.2, 0.25) is 0 Å². The van der Waals surface area contributed by atoms with Gasteiger partial charge in [0.1, 0.15) is 5.88 Å². The van der Waals surface area contributed by atoms with Gasteiger partial charge in [-0.2, -0.15) is 17.5 Å². The van der Waals surface area contributed by atoms with Crippen molar-refractivity contribution in [1.29, 1.82) is 0 Å². The fraction of sp³-hybridized carbons (Fsp3) is 0.533. The van der Waals surface area contributed by atoms with Gasteiger partial charge in [0.05, 0.1) is 10.5 Å². The van der Waals surface area contributed by atoms with E-state index in [1.165, 1.54) is 4.31 Å². The topological polar surface area (TPSA) is 66.5 Å². The van der Waals surface area contributed by atoms with Gasteiger partial charge in [0, 0.05) is 19.6 Å². The van der Waals surface area contributed by atoms with Crippen molar-refractivity contribution in [1.82, 2.24) is 9.62 Å². The number of hydrogen-bond donors (Lipinski definition) is 1. The summed E-state index contributed by atoms with van der Waals surface area (Å²) in [5, 5.41) is 2.66. The summed E-state index contributed by atoms with van der Waals surface area (Å²) in [6, 6.07) is 3.48. The minimum absolute atomic E-state index is 0.124. The Hall–Kier alpha value is -1.32. The van der Waals surface area contributed by atoms with Crippen molar-refractivity contribution in [3.8, 4) is 0 Å². The zero-order chi connectivity index (χ0) is 18.7. The molecule has 1 N–H and O–H groups in total. The molecule has 1 saturated heterocycles. The van der Waals surface area contributed by atoms with Gasteiger partial charge < -0.3 is 5.32 Å². The van der Waals surface area contributed by atoms with E-state index in [1.807, 2.05) is 0 Å². The number of nitrogens with zero attached hydrogens (tertiary/aromatic N) is 1. The molecule has 1 fully saturated rings. The maximum absolute atomic E-state index is 12.6. The van der Waals surface area contributed by atoms with Crippen molar-refractivity contribution in [3.63, 3.8) is 0 Å². The summed E-state index contributed by atoms with van der Waals surface area (Å²) >= 11 is 5.39. The number of nitrogens with one attached hydrogen (secondary N) is 1. The highest BCUT2D eigenvalue weighted by molar-refractivity contribution is 7.89. The Labute approximate surface area is 149 Å². The molecule has 1 aromatic carbocycles. The first kappa shape index (κ1) is 20.0. The molecule has 5 nitrogen and oxygen atoms in total. The monoisotopic (exact) mass is 398 g/mol. The average molecular weight is 399 g/mol. The van der Waals surface area contributed by atoms with Crippen LogP contribution in [0.4, 0.5) is 13.2 Å².